The Balaban J connectivity index is 1.92. The second-order valence-electron chi connectivity index (χ2n) is 7.18. The lowest BCUT2D eigenvalue weighted by atomic mass is 10.2. The fourth-order valence-corrected chi connectivity index (χ4v) is 4.83. The van der Waals surface area contributed by atoms with Crippen molar-refractivity contribution in [3.8, 4) is 0 Å². The van der Waals surface area contributed by atoms with E-state index in [1.807, 2.05) is 26.0 Å². The van der Waals surface area contributed by atoms with Crippen molar-refractivity contribution in [2.75, 3.05) is 11.9 Å². The van der Waals surface area contributed by atoms with Crippen LogP contribution in [0.1, 0.15) is 16.7 Å². The van der Waals surface area contributed by atoms with Crippen molar-refractivity contribution < 1.29 is 13.2 Å². The van der Waals surface area contributed by atoms with Crippen LogP contribution in [0.5, 0.6) is 0 Å². The minimum atomic E-state index is -3.96. The second kappa shape index (κ2) is 9.83. The van der Waals surface area contributed by atoms with E-state index in [1.54, 1.807) is 42.5 Å². The van der Waals surface area contributed by atoms with Crippen molar-refractivity contribution in [1.82, 2.24) is 4.31 Å². The first-order chi connectivity index (χ1) is 14.7. The minimum absolute atomic E-state index is 0.0760. The zero-order valence-corrected chi connectivity index (χ0v) is 19.4. The van der Waals surface area contributed by atoms with Crippen molar-refractivity contribution in [3.63, 3.8) is 0 Å². The molecule has 0 saturated heterocycles. The first-order valence-electron chi connectivity index (χ1n) is 9.53. The van der Waals surface area contributed by atoms with E-state index >= 15 is 0 Å². The van der Waals surface area contributed by atoms with E-state index in [4.69, 9.17) is 23.2 Å². The lowest BCUT2D eigenvalue weighted by Crippen LogP contribution is -2.37. The number of amides is 1. The standard InChI is InChI=1S/C23H22Cl2N2O3S/c1-16-7-11-20(12-8-16)31(29,30)27(14-18-9-10-19(24)13-21(18)25)15-23(28)26-22-6-4-3-5-17(22)2/h3-13H,14-15H2,1-2H3,(H,26,28). The van der Waals surface area contributed by atoms with E-state index in [2.05, 4.69) is 5.32 Å². The number of sulfonamides is 1. The Kier molecular flexibility index (Phi) is 7.38. The summed E-state index contributed by atoms with van der Waals surface area (Å²) < 4.78 is 27.8. The Labute approximate surface area is 192 Å². The molecule has 3 aromatic rings. The number of hydrogen-bond acceptors (Lipinski definition) is 3. The molecule has 0 radical (unpaired) electrons. The number of para-hydroxylation sites is 1. The van der Waals surface area contributed by atoms with Gasteiger partial charge in [0.15, 0.2) is 0 Å². The van der Waals surface area contributed by atoms with Gasteiger partial charge in [-0.1, -0.05) is 65.2 Å². The molecule has 0 aliphatic heterocycles. The van der Waals surface area contributed by atoms with Gasteiger partial charge in [0.2, 0.25) is 15.9 Å². The number of anilines is 1. The molecule has 0 aliphatic carbocycles. The Morgan fingerprint density at radius 1 is 0.968 bits per heavy atom. The van der Waals surface area contributed by atoms with Crippen molar-refractivity contribution in [2.45, 2.75) is 25.3 Å². The van der Waals surface area contributed by atoms with E-state index in [1.165, 1.54) is 12.1 Å². The molecule has 0 atom stereocenters. The fourth-order valence-electron chi connectivity index (χ4n) is 2.99. The van der Waals surface area contributed by atoms with Crippen LogP contribution in [0.2, 0.25) is 10.0 Å². The summed E-state index contributed by atoms with van der Waals surface area (Å²) in [7, 11) is -3.96. The topological polar surface area (TPSA) is 66.5 Å². The van der Waals surface area contributed by atoms with Crippen LogP contribution >= 0.6 is 23.2 Å². The number of hydrogen-bond donors (Lipinski definition) is 1. The first kappa shape index (κ1) is 23.3. The molecule has 1 N–H and O–H groups in total. The van der Waals surface area contributed by atoms with Crippen LogP contribution in [0.4, 0.5) is 5.69 Å². The monoisotopic (exact) mass is 476 g/mol. The molecule has 0 unspecified atom stereocenters. The molecule has 3 rings (SSSR count). The summed E-state index contributed by atoms with van der Waals surface area (Å²) in [5.41, 5.74) is 2.99. The zero-order chi connectivity index (χ0) is 22.6. The summed E-state index contributed by atoms with van der Waals surface area (Å²) in [5.74, 6) is -0.449. The van der Waals surface area contributed by atoms with E-state index in [-0.39, 0.29) is 18.0 Å². The Hall–Kier alpha value is -2.38. The SMILES string of the molecule is Cc1ccc(S(=O)(=O)N(CC(=O)Nc2ccccc2C)Cc2ccc(Cl)cc2Cl)cc1. The third-order valence-electron chi connectivity index (χ3n) is 4.76. The van der Waals surface area contributed by atoms with Crippen LogP contribution in [0.25, 0.3) is 0 Å². The summed E-state index contributed by atoms with van der Waals surface area (Å²) in [6.07, 6.45) is 0. The maximum atomic E-state index is 13.4. The maximum absolute atomic E-state index is 13.4. The molecular weight excluding hydrogens is 455 g/mol. The number of nitrogens with one attached hydrogen (secondary N) is 1. The fraction of sp³-hybridized carbons (Fsp3) is 0.174. The van der Waals surface area contributed by atoms with Crippen molar-refractivity contribution in [2.24, 2.45) is 0 Å². The van der Waals surface area contributed by atoms with Gasteiger partial charge in [0.05, 0.1) is 11.4 Å². The van der Waals surface area contributed by atoms with Gasteiger partial charge in [-0.05, 0) is 55.3 Å². The predicted molar refractivity (Wildman–Crippen MR) is 125 cm³/mol. The van der Waals surface area contributed by atoms with Gasteiger partial charge in [-0.25, -0.2) is 8.42 Å². The summed E-state index contributed by atoms with van der Waals surface area (Å²) >= 11 is 12.2. The Morgan fingerprint density at radius 3 is 2.29 bits per heavy atom. The molecule has 0 saturated carbocycles. The molecular formula is C23H22Cl2N2O3S. The summed E-state index contributed by atoms with van der Waals surface area (Å²) in [6.45, 7) is 3.29. The first-order valence-corrected chi connectivity index (χ1v) is 11.7. The molecule has 0 aliphatic rings. The predicted octanol–water partition coefficient (Wildman–Crippen LogP) is 5.44. The van der Waals surface area contributed by atoms with Gasteiger partial charge in [0, 0.05) is 22.3 Å². The summed E-state index contributed by atoms with van der Waals surface area (Å²) in [5, 5.41) is 3.56. The average Bonchev–Trinajstić information content (AvgIpc) is 2.71. The van der Waals surface area contributed by atoms with Gasteiger partial charge in [-0.15, -0.1) is 0 Å². The van der Waals surface area contributed by atoms with Gasteiger partial charge >= 0.3 is 0 Å². The van der Waals surface area contributed by atoms with Crippen LogP contribution in [0.3, 0.4) is 0 Å². The molecule has 3 aromatic carbocycles. The molecule has 0 heterocycles. The lowest BCUT2D eigenvalue weighted by molar-refractivity contribution is -0.116. The highest BCUT2D eigenvalue weighted by Crippen LogP contribution is 2.25. The van der Waals surface area contributed by atoms with E-state index in [0.29, 0.717) is 21.3 Å². The largest absolute Gasteiger partial charge is 0.325 e. The van der Waals surface area contributed by atoms with Gasteiger partial charge < -0.3 is 5.32 Å². The van der Waals surface area contributed by atoms with Crippen LogP contribution in [0, 0.1) is 13.8 Å². The number of aryl methyl sites for hydroxylation is 2. The number of benzene rings is 3. The van der Waals surface area contributed by atoms with E-state index in [9.17, 15) is 13.2 Å². The molecule has 8 heteroatoms. The molecule has 0 bridgehead atoms. The summed E-state index contributed by atoms with van der Waals surface area (Å²) in [4.78, 5) is 12.9. The molecule has 31 heavy (non-hydrogen) atoms. The van der Waals surface area contributed by atoms with E-state index in [0.717, 1.165) is 15.4 Å². The summed E-state index contributed by atoms with van der Waals surface area (Å²) in [6, 6.07) is 18.6. The number of rotatable bonds is 7. The van der Waals surface area contributed by atoms with Crippen molar-refractivity contribution >= 4 is 44.8 Å². The number of halogens is 2. The highest BCUT2D eigenvalue weighted by molar-refractivity contribution is 7.89. The van der Waals surface area contributed by atoms with Gasteiger partial charge in [0.25, 0.3) is 0 Å². The molecule has 5 nitrogen and oxygen atoms in total. The molecule has 162 valence electrons. The number of carbonyl (C=O) groups excluding carboxylic acids is 1. The van der Waals surface area contributed by atoms with Crippen LogP contribution in [-0.2, 0) is 21.4 Å². The van der Waals surface area contributed by atoms with Crippen LogP contribution in [0.15, 0.2) is 71.6 Å². The van der Waals surface area contributed by atoms with Crippen LogP contribution in [-0.4, -0.2) is 25.2 Å². The Bertz CT molecular complexity index is 1200. The second-order valence-corrected chi connectivity index (χ2v) is 9.97. The van der Waals surface area contributed by atoms with Crippen molar-refractivity contribution in [3.05, 3.63) is 93.5 Å². The van der Waals surface area contributed by atoms with Crippen LogP contribution < -0.4 is 5.32 Å². The van der Waals surface area contributed by atoms with Gasteiger partial charge in [0.1, 0.15) is 0 Å². The third-order valence-corrected chi connectivity index (χ3v) is 7.15. The molecule has 0 fully saturated rings. The Morgan fingerprint density at radius 2 is 1.65 bits per heavy atom. The van der Waals surface area contributed by atoms with Crippen molar-refractivity contribution in [1.29, 1.82) is 0 Å². The minimum Gasteiger partial charge on any atom is -0.325 e. The van der Waals surface area contributed by atoms with E-state index < -0.39 is 15.9 Å². The average molecular weight is 477 g/mol. The highest BCUT2D eigenvalue weighted by Gasteiger charge is 2.27. The zero-order valence-electron chi connectivity index (χ0n) is 17.1. The van der Waals surface area contributed by atoms with Gasteiger partial charge in [-0.2, -0.15) is 4.31 Å². The lowest BCUT2D eigenvalue weighted by Gasteiger charge is -2.23. The molecule has 0 aromatic heterocycles. The quantitative estimate of drug-likeness (QED) is 0.493. The smallest absolute Gasteiger partial charge is 0.243 e. The highest BCUT2D eigenvalue weighted by atomic mass is 35.5. The molecule has 1 amide bonds. The normalized spacial score (nSPS) is 11.5. The van der Waals surface area contributed by atoms with Gasteiger partial charge in [-0.3, -0.25) is 4.79 Å². The number of carbonyl (C=O) groups is 1. The third kappa shape index (κ3) is 5.86. The number of nitrogens with zero attached hydrogens (tertiary/aromatic N) is 1. The maximum Gasteiger partial charge on any atom is 0.243 e. The molecule has 0 spiro atoms.